The van der Waals surface area contributed by atoms with Crippen LogP contribution in [-0.2, 0) is 7.05 Å². The van der Waals surface area contributed by atoms with Crippen molar-refractivity contribution in [3.05, 3.63) is 47.8 Å². The Bertz CT molecular complexity index is 651. The average Bonchev–Trinajstić information content (AvgIpc) is 2.83. The van der Waals surface area contributed by atoms with Crippen molar-refractivity contribution in [1.82, 2.24) is 20.4 Å². The van der Waals surface area contributed by atoms with Crippen LogP contribution in [0.2, 0.25) is 0 Å². The quantitative estimate of drug-likeness (QED) is 0.727. The van der Waals surface area contributed by atoms with Gasteiger partial charge < -0.3 is 16.0 Å². The van der Waals surface area contributed by atoms with Gasteiger partial charge in [-0.3, -0.25) is 9.48 Å². The molecule has 3 amide bonds. The number of para-hydroxylation sites is 1. The summed E-state index contributed by atoms with van der Waals surface area (Å²) in [6.45, 7) is 2.46. The van der Waals surface area contributed by atoms with Crippen LogP contribution in [-0.4, -0.2) is 34.8 Å². The van der Waals surface area contributed by atoms with Gasteiger partial charge in [-0.2, -0.15) is 5.10 Å². The fourth-order valence-corrected chi connectivity index (χ4v) is 1.97. The van der Waals surface area contributed by atoms with Crippen LogP contribution in [0.1, 0.15) is 16.1 Å². The van der Waals surface area contributed by atoms with E-state index in [1.54, 1.807) is 37.0 Å². The topological polar surface area (TPSA) is 88.1 Å². The number of benzene rings is 1. The molecule has 2 rings (SSSR count). The molecule has 116 valence electrons. The van der Waals surface area contributed by atoms with Crippen molar-refractivity contribution >= 4 is 17.6 Å². The lowest BCUT2D eigenvalue weighted by Gasteiger charge is -2.08. The van der Waals surface area contributed by atoms with Gasteiger partial charge in [0.05, 0.1) is 11.3 Å². The minimum Gasteiger partial charge on any atom is -0.350 e. The average molecular weight is 301 g/mol. The van der Waals surface area contributed by atoms with Crippen LogP contribution in [0.3, 0.4) is 0 Å². The first kappa shape index (κ1) is 15.6. The van der Waals surface area contributed by atoms with Gasteiger partial charge in [0, 0.05) is 32.0 Å². The summed E-state index contributed by atoms with van der Waals surface area (Å²) in [4.78, 5) is 23.6. The lowest BCUT2D eigenvalue weighted by molar-refractivity contribution is 0.0953. The zero-order valence-corrected chi connectivity index (χ0v) is 12.6. The third-order valence-electron chi connectivity index (χ3n) is 2.99. The first-order valence-electron chi connectivity index (χ1n) is 6.94. The van der Waals surface area contributed by atoms with Gasteiger partial charge in [-0.15, -0.1) is 0 Å². The first-order valence-corrected chi connectivity index (χ1v) is 6.94. The minimum absolute atomic E-state index is 0.198. The highest BCUT2D eigenvalue weighted by molar-refractivity contribution is 5.95. The molecular formula is C15H19N5O2. The second-order valence-corrected chi connectivity index (χ2v) is 4.80. The van der Waals surface area contributed by atoms with Gasteiger partial charge in [0.2, 0.25) is 0 Å². The Morgan fingerprint density at radius 3 is 2.45 bits per heavy atom. The molecular weight excluding hydrogens is 282 g/mol. The zero-order chi connectivity index (χ0) is 15.9. The number of anilines is 1. The molecule has 7 heteroatoms. The van der Waals surface area contributed by atoms with E-state index in [1.807, 2.05) is 18.2 Å². The molecule has 2 aromatic rings. The van der Waals surface area contributed by atoms with E-state index in [0.717, 1.165) is 5.69 Å². The molecule has 0 unspecified atom stereocenters. The van der Waals surface area contributed by atoms with Crippen LogP contribution in [0, 0.1) is 6.92 Å². The maximum atomic E-state index is 11.9. The monoisotopic (exact) mass is 301 g/mol. The number of carbonyl (C=O) groups is 2. The van der Waals surface area contributed by atoms with Crippen LogP contribution < -0.4 is 16.0 Å². The number of amides is 3. The predicted octanol–water partition coefficient (Wildman–Crippen LogP) is 1.28. The van der Waals surface area contributed by atoms with Crippen molar-refractivity contribution < 1.29 is 9.59 Å². The summed E-state index contributed by atoms with van der Waals surface area (Å²) in [5.74, 6) is -0.198. The summed E-state index contributed by atoms with van der Waals surface area (Å²) < 4.78 is 1.59. The number of nitrogens with zero attached hydrogens (tertiary/aromatic N) is 2. The molecule has 0 saturated carbocycles. The summed E-state index contributed by atoms with van der Waals surface area (Å²) in [7, 11) is 1.76. The molecule has 0 saturated heterocycles. The van der Waals surface area contributed by atoms with Crippen molar-refractivity contribution in [2.24, 2.45) is 7.05 Å². The SMILES string of the molecule is Cc1nn(C)cc1C(=O)NCCNC(=O)Nc1ccccc1. The summed E-state index contributed by atoms with van der Waals surface area (Å²) in [6, 6.07) is 8.84. The highest BCUT2D eigenvalue weighted by Gasteiger charge is 2.11. The van der Waals surface area contributed by atoms with E-state index in [1.165, 1.54) is 0 Å². The van der Waals surface area contributed by atoms with E-state index < -0.39 is 0 Å². The van der Waals surface area contributed by atoms with E-state index in [-0.39, 0.29) is 11.9 Å². The zero-order valence-electron chi connectivity index (χ0n) is 12.6. The van der Waals surface area contributed by atoms with Gasteiger partial charge in [-0.05, 0) is 19.1 Å². The molecule has 0 aliphatic carbocycles. The third kappa shape index (κ3) is 4.34. The number of aryl methyl sites for hydroxylation is 2. The smallest absolute Gasteiger partial charge is 0.319 e. The van der Waals surface area contributed by atoms with Crippen molar-refractivity contribution in [3.63, 3.8) is 0 Å². The number of aromatic nitrogens is 2. The molecule has 0 spiro atoms. The second-order valence-electron chi connectivity index (χ2n) is 4.80. The predicted molar refractivity (Wildman–Crippen MR) is 83.7 cm³/mol. The highest BCUT2D eigenvalue weighted by atomic mass is 16.2. The van der Waals surface area contributed by atoms with Gasteiger partial charge in [-0.25, -0.2) is 4.79 Å². The van der Waals surface area contributed by atoms with Gasteiger partial charge in [-0.1, -0.05) is 18.2 Å². The van der Waals surface area contributed by atoms with Crippen molar-refractivity contribution in [3.8, 4) is 0 Å². The van der Waals surface area contributed by atoms with Crippen LogP contribution in [0.4, 0.5) is 10.5 Å². The Morgan fingerprint density at radius 1 is 1.14 bits per heavy atom. The summed E-state index contributed by atoms with van der Waals surface area (Å²) in [6.07, 6.45) is 1.67. The maximum absolute atomic E-state index is 11.9. The fourth-order valence-electron chi connectivity index (χ4n) is 1.97. The number of hydrogen-bond acceptors (Lipinski definition) is 3. The molecule has 0 bridgehead atoms. The summed E-state index contributed by atoms with van der Waals surface area (Å²) in [5, 5.41) is 12.2. The maximum Gasteiger partial charge on any atom is 0.319 e. The van der Waals surface area contributed by atoms with Crippen molar-refractivity contribution in [2.75, 3.05) is 18.4 Å². The largest absolute Gasteiger partial charge is 0.350 e. The van der Waals surface area contributed by atoms with Crippen LogP contribution in [0.25, 0.3) is 0 Å². The fraction of sp³-hybridized carbons (Fsp3) is 0.267. The molecule has 3 N–H and O–H groups in total. The number of carbonyl (C=O) groups excluding carboxylic acids is 2. The molecule has 0 fully saturated rings. The van der Waals surface area contributed by atoms with Crippen LogP contribution in [0.5, 0.6) is 0 Å². The lowest BCUT2D eigenvalue weighted by Crippen LogP contribution is -2.36. The normalized spacial score (nSPS) is 10.1. The minimum atomic E-state index is -0.307. The molecule has 1 aromatic heterocycles. The molecule has 0 atom stereocenters. The number of urea groups is 1. The standard InChI is InChI=1S/C15H19N5O2/c1-11-13(10-20(2)19-11)14(21)16-8-9-17-15(22)18-12-6-4-3-5-7-12/h3-7,10H,8-9H2,1-2H3,(H,16,21)(H2,17,18,22). The third-order valence-corrected chi connectivity index (χ3v) is 2.99. The summed E-state index contributed by atoms with van der Waals surface area (Å²) in [5.41, 5.74) is 1.93. The van der Waals surface area contributed by atoms with Gasteiger partial charge in [0.15, 0.2) is 0 Å². The molecule has 7 nitrogen and oxygen atoms in total. The number of rotatable bonds is 5. The molecule has 22 heavy (non-hydrogen) atoms. The van der Waals surface area contributed by atoms with E-state index in [9.17, 15) is 9.59 Å². The lowest BCUT2D eigenvalue weighted by atomic mass is 10.2. The molecule has 1 aromatic carbocycles. The first-order chi connectivity index (χ1) is 10.6. The number of nitrogens with one attached hydrogen (secondary N) is 3. The Hall–Kier alpha value is -2.83. The van der Waals surface area contributed by atoms with Crippen molar-refractivity contribution in [1.29, 1.82) is 0 Å². The Morgan fingerprint density at radius 2 is 1.82 bits per heavy atom. The van der Waals surface area contributed by atoms with Crippen LogP contribution in [0.15, 0.2) is 36.5 Å². The number of hydrogen-bond donors (Lipinski definition) is 3. The van der Waals surface area contributed by atoms with E-state index in [2.05, 4.69) is 21.0 Å². The molecule has 0 radical (unpaired) electrons. The molecule has 1 heterocycles. The molecule has 0 aliphatic rings. The van der Waals surface area contributed by atoms with Gasteiger partial charge in [0.25, 0.3) is 5.91 Å². The molecule has 0 aliphatic heterocycles. The second kappa shape index (κ2) is 7.26. The van der Waals surface area contributed by atoms with Crippen LogP contribution >= 0.6 is 0 Å². The Balaban J connectivity index is 1.70. The Labute approximate surface area is 128 Å². The van der Waals surface area contributed by atoms with E-state index in [0.29, 0.717) is 24.3 Å². The summed E-state index contributed by atoms with van der Waals surface area (Å²) >= 11 is 0. The van der Waals surface area contributed by atoms with Gasteiger partial charge >= 0.3 is 6.03 Å². The van der Waals surface area contributed by atoms with Gasteiger partial charge in [0.1, 0.15) is 0 Å². The van der Waals surface area contributed by atoms with E-state index in [4.69, 9.17) is 0 Å². The van der Waals surface area contributed by atoms with E-state index >= 15 is 0 Å². The Kier molecular flexibility index (Phi) is 5.13. The van der Waals surface area contributed by atoms with Crippen molar-refractivity contribution in [2.45, 2.75) is 6.92 Å². The highest BCUT2D eigenvalue weighted by Crippen LogP contribution is 2.04.